The summed E-state index contributed by atoms with van der Waals surface area (Å²) in [7, 11) is 0. The Bertz CT molecular complexity index is 1070. The second kappa shape index (κ2) is 12.6. The number of H-pyrrole nitrogens is 1. The number of hydrogen-bond acceptors (Lipinski definition) is 5. The van der Waals surface area contributed by atoms with E-state index in [0.29, 0.717) is 28.6 Å². The van der Waals surface area contributed by atoms with E-state index in [1.54, 1.807) is 48.4 Å². The van der Waals surface area contributed by atoms with E-state index >= 15 is 0 Å². The molecule has 0 bridgehead atoms. The zero-order valence-corrected chi connectivity index (χ0v) is 19.8. The van der Waals surface area contributed by atoms with Crippen molar-refractivity contribution in [1.29, 1.82) is 0 Å². The van der Waals surface area contributed by atoms with E-state index in [9.17, 15) is 9.59 Å². The number of aromatic amines is 1. The maximum Gasteiger partial charge on any atom is 0.255 e. The Morgan fingerprint density at radius 2 is 1.81 bits per heavy atom. The van der Waals surface area contributed by atoms with Gasteiger partial charge in [0.1, 0.15) is 0 Å². The van der Waals surface area contributed by atoms with Gasteiger partial charge in [0.15, 0.2) is 10.9 Å². The second-order valence-electron chi connectivity index (χ2n) is 7.77. The van der Waals surface area contributed by atoms with E-state index in [1.807, 2.05) is 19.1 Å². The number of ketones is 1. The van der Waals surface area contributed by atoms with Gasteiger partial charge in [-0.05, 0) is 55.7 Å². The zero-order valence-electron chi connectivity index (χ0n) is 18.3. The highest BCUT2D eigenvalue weighted by Crippen LogP contribution is 2.18. The molecule has 0 saturated carbocycles. The summed E-state index contributed by atoms with van der Waals surface area (Å²) in [5, 5.41) is 1.32. The van der Waals surface area contributed by atoms with Gasteiger partial charge in [-0.1, -0.05) is 48.7 Å². The van der Waals surface area contributed by atoms with E-state index in [4.69, 9.17) is 11.6 Å². The fourth-order valence-corrected chi connectivity index (χ4v) is 4.47. The van der Waals surface area contributed by atoms with E-state index in [2.05, 4.69) is 15.0 Å². The van der Waals surface area contributed by atoms with Crippen molar-refractivity contribution in [3.63, 3.8) is 0 Å². The van der Waals surface area contributed by atoms with Gasteiger partial charge < -0.3 is 4.98 Å². The normalized spacial score (nSPS) is 10.9. The Morgan fingerprint density at radius 1 is 1.06 bits per heavy atom. The van der Waals surface area contributed by atoms with Crippen LogP contribution >= 0.6 is 23.4 Å². The molecule has 7 heteroatoms. The monoisotopic (exact) mass is 469 g/mol. The van der Waals surface area contributed by atoms with Crippen LogP contribution in [0.15, 0.2) is 58.7 Å². The summed E-state index contributed by atoms with van der Waals surface area (Å²) in [6.07, 6.45) is 9.80. The number of pyridine rings is 1. The predicted molar refractivity (Wildman–Crippen MR) is 131 cm³/mol. The Hall–Kier alpha value is -2.44. The number of halogens is 1. The van der Waals surface area contributed by atoms with Crippen molar-refractivity contribution in [3.8, 4) is 0 Å². The molecule has 1 aromatic carbocycles. The minimum Gasteiger partial charge on any atom is -0.301 e. The van der Waals surface area contributed by atoms with E-state index in [0.717, 1.165) is 54.7 Å². The fraction of sp³-hybridized carbons (Fsp3) is 0.360. The average molecular weight is 470 g/mol. The summed E-state index contributed by atoms with van der Waals surface area (Å²) in [6, 6.07) is 10.9. The van der Waals surface area contributed by atoms with Crippen molar-refractivity contribution < 1.29 is 4.79 Å². The van der Waals surface area contributed by atoms with E-state index in [-0.39, 0.29) is 11.3 Å². The van der Waals surface area contributed by atoms with Gasteiger partial charge in [-0.25, -0.2) is 4.98 Å². The van der Waals surface area contributed by atoms with Gasteiger partial charge in [-0.15, -0.1) is 0 Å². The van der Waals surface area contributed by atoms with Crippen LogP contribution in [0.4, 0.5) is 0 Å². The summed E-state index contributed by atoms with van der Waals surface area (Å²) < 4.78 is 0. The van der Waals surface area contributed by atoms with Crippen LogP contribution in [0.3, 0.4) is 0 Å². The average Bonchev–Trinajstić information content (AvgIpc) is 2.79. The highest BCUT2D eigenvalue weighted by molar-refractivity contribution is 7.99. The molecule has 0 spiro atoms. The molecule has 0 aliphatic heterocycles. The van der Waals surface area contributed by atoms with Gasteiger partial charge in [0.25, 0.3) is 5.56 Å². The molecule has 0 aliphatic rings. The number of rotatable bonds is 12. The number of thioether (sulfide) groups is 1. The third-order valence-corrected chi connectivity index (χ3v) is 6.47. The van der Waals surface area contributed by atoms with Gasteiger partial charge in [-0.3, -0.25) is 14.6 Å². The number of nitrogens with one attached hydrogen (secondary N) is 1. The Balaban J connectivity index is 1.33. The minimum absolute atomic E-state index is 0.0748. The molecule has 0 aliphatic carbocycles. The molecule has 1 N–H and O–H groups in total. The predicted octanol–water partition coefficient (Wildman–Crippen LogP) is 6.03. The molecule has 0 atom stereocenters. The number of benzene rings is 1. The smallest absolute Gasteiger partial charge is 0.255 e. The number of Topliss-reactive ketones (excluding diaryl/α,β-unsaturated/α-hetero) is 1. The topological polar surface area (TPSA) is 75.7 Å². The van der Waals surface area contributed by atoms with Gasteiger partial charge in [0, 0.05) is 52.8 Å². The maximum atomic E-state index is 12.5. The molecule has 5 nitrogen and oxygen atoms in total. The maximum absolute atomic E-state index is 12.5. The molecular weight excluding hydrogens is 442 g/mol. The molecule has 0 radical (unpaired) electrons. The van der Waals surface area contributed by atoms with Gasteiger partial charge >= 0.3 is 0 Å². The summed E-state index contributed by atoms with van der Waals surface area (Å²) >= 11 is 7.45. The van der Waals surface area contributed by atoms with Crippen molar-refractivity contribution in [1.82, 2.24) is 15.0 Å². The lowest BCUT2D eigenvalue weighted by Crippen LogP contribution is -2.17. The van der Waals surface area contributed by atoms with E-state index in [1.165, 1.54) is 0 Å². The molecule has 0 saturated heterocycles. The van der Waals surface area contributed by atoms with Gasteiger partial charge in [-0.2, -0.15) is 0 Å². The lowest BCUT2D eigenvalue weighted by Gasteiger charge is -2.07. The van der Waals surface area contributed by atoms with Crippen LogP contribution in [0.1, 0.15) is 65.7 Å². The molecular formula is C25H28ClN3O2S. The van der Waals surface area contributed by atoms with Crippen molar-refractivity contribution in [2.75, 3.05) is 5.75 Å². The third kappa shape index (κ3) is 7.61. The van der Waals surface area contributed by atoms with Crippen LogP contribution in [0.2, 0.25) is 5.02 Å². The zero-order chi connectivity index (χ0) is 22.8. The fourth-order valence-electron chi connectivity index (χ4n) is 3.43. The highest BCUT2D eigenvalue weighted by atomic mass is 35.5. The number of aromatic nitrogens is 3. The first-order chi connectivity index (χ1) is 15.5. The van der Waals surface area contributed by atoms with Crippen LogP contribution in [-0.2, 0) is 6.42 Å². The summed E-state index contributed by atoms with van der Waals surface area (Å²) in [5.41, 5.74) is 3.11. The molecule has 2 aromatic heterocycles. The van der Waals surface area contributed by atoms with Crippen LogP contribution < -0.4 is 5.56 Å². The van der Waals surface area contributed by atoms with Gasteiger partial charge in [0.2, 0.25) is 0 Å². The summed E-state index contributed by atoms with van der Waals surface area (Å²) in [6.45, 7) is 1.89. The SMILES string of the molecule is Cc1nc(SCCCCCCCC(=O)c2ccc(Cl)cc2)[nH]c(=O)c1Cc1cccnc1. The number of carbonyl (C=O) groups is 1. The molecule has 0 fully saturated rings. The molecule has 32 heavy (non-hydrogen) atoms. The van der Waals surface area contributed by atoms with Crippen molar-refractivity contribution >= 4 is 29.1 Å². The first-order valence-corrected chi connectivity index (χ1v) is 12.3. The first kappa shape index (κ1) is 24.2. The van der Waals surface area contributed by atoms with Gasteiger partial charge in [0.05, 0.1) is 0 Å². The Labute approximate surface area is 198 Å². The van der Waals surface area contributed by atoms with E-state index < -0.39 is 0 Å². The summed E-state index contributed by atoms with van der Waals surface area (Å²) in [4.78, 5) is 36.2. The molecule has 0 unspecified atom stereocenters. The highest BCUT2D eigenvalue weighted by Gasteiger charge is 2.10. The number of hydrogen-bond donors (Lipinski definition) is 1. The molecule has 3 aromatic rings. The van der Waals surface area contributed by atoms with Crippen molar-refractivity contribution in [3.05, 3.63) is 86.6 Å². The largest absolute Gasteiger partial charge is 0.301 e. The van der Waals surface area contributed by atoms with Crippen molar-refractivity contribution in [2.45, 2.75) is 57.0 Å². The Kier molecular flexibility index (Phi) is 9.50. The standard InChI is InChI=1S/C25H28ClN3O2S/c1-18-22(16-19-8-7-14-27-17-19)24(31)29-25(28-18)32-15-6-4-2-3-5-9-23(30)20-10-12-21(26)13-11-20/h7-8,10-14,17H,2-6,9,15-16H2,1H3,(H,28,29,31). The number of unbranched alkanes of at least 4 members (excludes halogenated alkanes) is 4. The summed E-state index contributed by atoms with van der Waals surface area (Å²) in [5.74, 6) is 1.09. The quantitative estimate of drug-likeness (QED) is 0.151. The first-order valence-electron chi connectivity index (χ1n) is 10.9. The molecule has 0 amide bonds. The molecule has 3 rings (SSSR count). The van der Waals surface area contributed by atoms with Crippen LogP contribution in [0.5, 0.6) is 0 Å². The lowest BCUT2D eigenvalue weighted by atomic mass is 10.0. The third-order valence-electron chi connectivity index (χ3n) is 5.26. The minimum atomic E-state index is -0.0748. The lowest BCUT2D eigenvalue weighted by molar-refractivity contribution is 0.0979. The van der Waals surface area contributed by atoms with Crippen LogP contribution in [0, 0.1) is 6.92 Å². The van der Waals surface area contributed by atoms with Crippen LogP contribution in [0.25, 0.3) is 0 Å². The van der Waals surface area contributed by atoms with Crippen molar-refractivity contribution in [2.24, 2.45) is 0 Å². The number of aryl methyl sites for hydroxylation is 1. The van der Waals surface area contributed by atoms with Crippen LogP contribution in [-0.4, -0.2) is 26.5 Å². The Morgan fingerprint density at radius 3 is 2.53 bits per heavy atom. The second-order valence-corrected chi connectivity index (χ2v) is 9.29. The number of nitrogens with zero attached hydrogens (tertiary/aromatic N) is 2. The molecule has 2 heterocycles. The number of carbonyl (C=O) groups excluding carboxylic acids is 1. The molecule has 168 valence electrons.